The number of allylic oxidation sites excluding steroid dienone is 2. The van der Waals surface area contributed by atoms with Crippen LogP contribution in [0.4, 0.5) is 10.1 Å². The number of anilines is 1. The topological polar surface area (TPSA) is 38.3 Å². The molecule has 1 aliphatic heterocycles. The first-order valence-electron chi connectivity index (χ1n) is 8.51. The van der Waals surface area contributed by atoms with E-state index in [-0.39, 0.29) is 29.7 Å². The fraction of sp³-hybridized carbons (Fsp3) is 0.286. The Morgan fingerprint density at radius 3 is 2.76 bits per heavy atom. The second-order valence-electron chi connectivity index (χ2n) is 6.69. The maximum atomic E-state index is 14.4. The molecule has 1 heterocycles. The molecule has 2 aliphatic rings. The van der Waals surface area contributed by atoms with Crippen molar-refractivity contribution >= 4 is 11.7 Å². The van der Waals surface area contributed by atoms with E-state index in [0.29, 0.717) is 11.1 Å². The highest BCUT2D eigenvalue weighted by atomic mass is 19.1. The average Bonchev–Trinajstić information content (AvgIpc) is 3.11. The average molecular weight is 337 g/mol. The maximum absolute atomic E-state index is 14.4. The first-order chi connectivity index (χ1) is 12.1. The molecule has 4 rings (SSSR count). The van der Waals surface area contributed by atoms with Crippen molar-refractivity contribution in [2.45, 2.75) is 25.3 Å². The molecule has 0 saturated heterocycles. The number of halogens is 1. The number of nitrogens with one attached hydrogen (secondary N) is 1. The van der Waals surface area contributed by atoms with Gasteiger partial charge in [-0.05, 0) is 42.5 Å². The van der Waals surface area contributed by atoms with Crippen molar-refractivity contribution < 1.29 is 13.9 Å². The summed E-state index contributed by atoms with van der Waals surface area (Å²) < 4.78 is 19.3. The third-order valence-electron chi connectivity index (χ3n) is 5.44. The van der Waals surface area contributed by atoms with Gasteiger partial charge in [0.05, 0.1) is 18.7 Å². The zero-order valence-electron chi connectivity index (χ0n) is 14.3. The lowest BCUT2D eigenvalue weighted by atomic mass is 9.76. The molecule has 4 heteroatoms. The number of carbonyl (C=O) groups is 1. The van der Waals surface area contributed by atoms with Crippen molar-refractivity contribution in [3.05, 3.63) is 76.6 Å². The molecular weight excluding hydrogens is 317 g/mol. The molecule has 1 N–H and O–H groups in total. The Kier molecular flexibility index (Phi) is 3.83. The van der Waals surface area contributed by atoms with Crippen LogP contribution in [-0.4, -0.2) is 13.1 Å². The van der Waals surface area contributed by atoms with Gasteiger partial charge in [0.1, 0.15) is 5.82 Å². The van der Waals surface area contributed by atoms with Crippen LogP contribution in [0.3, 0.4) is 0 Å². The number of ether oxygens (including phenoxy) is 1. The molecule has 0 aromatic heterocycles. The van der Waals surface area contributed by atoms with Gasteiger partial charge in [0.25, 0.3) is 0 Å². The SMILES string of the molecule is COC(=O)c1ccc2c(c1C)N[C@H](c1ccccc1F)[C@@H]1CC=C[C@H]21. The fourth-order valence-corrected chi connectivity index (χ4v) is 4.18. The molecule has 1 aliphatic carbocycles. The Balaban J connectivity index is 1.85. The standard InChI is InChI=1S/C21H20FNO2/c1-12-13(21(24)25-2)10-11-16-14-7-5-8-15(14)20(23-19(12)16)17-6-3-4-9-18(17)22/h3-7,9-11,14-15,20,23H,8H2,1-2H3/t14-,15+,20-/m0/s1. The van der Waals surface area contributed by atoms with E-state index in [1.165, 1.54) is 13.2 Å². The van der Waals surface area contributed by atoms with Crippen molar-refractivity contribution in [3.63, 3.8) is 0 Å². The van der Waals surface area contributed by atoms with Crippen LogP contribution >= 0.6 is 0 Å². The molecule has 0 bridgehead atoms. The second-order valence-corrected chi connectivity index (χ2v) is 6.69. The zero-order valence-corrected chi connectivity index (χ0v) is 14.3. The van der Waals surface area contributed by atoms with Crippen molar-refractivity contribution in [2.75, 3.05) is 12.4 Å². The highest BCUT2D eigenvalue weighted by Crippen LogP contribution is 2.51. The van der Waals surface area contributed by atoms with Gasteiger partial charge in [0.15, 0.2) is 0 Å². The van der Waals surface area contributed by atoms with E-state index in [0.717, 1.165) is 23.2 Å². The predicted octanol–water partition coefficient (Wildman–Crippen LogP) is 4.75. The number of carbonyl (C=O) groups excluding carboxylic acids is 1. The molecule has 3 atom stereocenters. The summed E-state index contributed by atoms with van der Waals surface area (Å²) in [6.07, 6.45) is 5.28. The van der Waals surface area contributed by atoms with E-state index in [9.17, 15) is 9.18 Å². The number of hydrogen-bond acceptors (Lipinski definition) is 3. The van der Waals surface area contributed by atoms with E-state index in [1.807, 2.05) is 31.2 Å². The van der Waals surface area contributed by atoms with E-state index < -0.39 is 0 Å². The lowest BCUT2D eigenvalue weighted by molar-refractivity contribution is 0.0600. The Bertz CT molecular complexity index is 874. The molecular formula is C21H20FNO2. The number of esters is 1. The van der Waals surface area contributed by atoms with Crippen LogP contribution in [0.2, 0.25) is 0 Å². The fourth-order valence-electron chi connectivity index (χ4n) is 4.18. The van der Waals surface area contributed by atoms with E-state index >= 15 is 0 Å². The van der Waals surface area contributed by atoms with E-state index in [4.69, 9.17) is 4.74 Å². The summed E-state index contributed by atoms with van der Waals surface area (Å²) in [6, 6.07) is 10.6. The van der Waals surface area contributed by atoms with Gasteiger partial charge in [0, 0.05) is 17.2 Å². The summed E-state index contributed by atoms with van der Waals surface area (Å²) in [7, 11) is 1.38. The van der Waals surface area contributed by atoms with Crippen LogP contribution in [0, 0.1) is 18.7 Å². The Hall–Kier alpha value is -2.62. The van der Waals surface area contributed by atoms with E-state index in [2.05, 4.69) is 17.5 Å². The summed E-state index contributed by atoms with van der Waals surface area (Å²) in [6.45, 7) is 1.91. The third kappa shape index (κ3) is 2.44. The Labute approximate surface area is 146 Å². The second kappa shape index (κ2) is 6.03. The van der Waals surface area contributed by atoms with Gasteiger partial charge in [-0.1, -0.05) is 36.4 Å². The molecule has 3 nitrogen and oxygen atoms in total. The minimum Gasteiger partial charge on any atom is -0.465 e. The minimum absolute atomic E-state index is 0.125. The first-order valence-corrected chi connectivity index (χ1v) is 8.51. The zero-order chi connectivity index (χ0) is 17.6. The lowest BCUT2D eigenvalue weighted by Gasteiger charge is -2.38. The van der Waals surface area contributed by atoms with Crippen molar-refractivity contribution in [3.8, 4) is 0 Å². The molecule has 128 valence electrons. The largest absolute Gasteiger partial charge is 0.465 e. The summed E-state index contributed by atoms with van der Waals surface area (Å²) in [5.74, 6) is -0.0523. The van der Waals surface area contributed by atoms with Gasteiger partial charge in [0.2, 0.25) is 0 Å². The van der Waals surface area contributed by atoms with Gasteiger partial charge in [-0.15, -0.1) is 0 Å². The molecule has 2 aromatic carbocycles. The maximum Gasteiger partial charge on any atom is 0.338 e. The predicted molar refractivity (Wildman–Crippen MR) is 95.3 cm³/mol. The highest BCUT2D eigenvalue weighted by molar-refractivity contribution is 5.93. The van der Waals surface area contributed by atoms with Crippen LogP contribution in [0.15, 0.2) is 48.6 Å². The Morgan fingerprint density at radius 2 is 2.00 bits per heavy atom. The van der Waals surface area contributed by atoms with Crippen LogP contribution in [0.1, 0.15) is 45.4 Å². The molecule has 2 aromatic rings. The smallest absolute Gasteiger partial charge is 0.338 e. The lowest BCUT2D eigenvalue weighted by Crippen LogP contribution is -2.30. The quantitative estimate of drug-likeness (QED) is 0.635. The first kappa shape index (κ1) is 15.9. The summed E-state index contributed by atoms with van der Waals surface area (Å²) >= 11 is 0. The number of hydrogen-bond donors (Lipinski definition) is 1. The number of methoxy groups -OCH3 is 1. The summed E-state index contributed by atoms with van der Waals surface area (Å²) in [5.41, 5.74) is 4.15. The monoisotopic (exact) mass is 337 g/mol. The number of benzene rings is 2. The van der Waals surface area contributed by atoms with Crippen LogP contribution < -0.4 is 5.32 Å². The van der Waals surface area contributed by atoms with Gasteiger partial charge in [-0.25, -0.2) is 9.18 Å². The summed E-state index contributed by atoms with van der Waals surface area (Å²) in [5, 5.41) is 3.53. The van der Waals surface area contributed by atoms with E-state index in [1.54, 1.807) is 6.07 Å². The van der Waals surface area contributed by atoms with Crippen molar-refractivity contribution in [1.82, 2.24) is 0 Å². The molecule has 25 heavy (non-hydrogen) atoms. The molecule has 0 amide bonds. The minimum atomic E-state index is -0.353. The Morgan fingerprint density at radius 1 is 1.20 bits per heavy atom. The number of rotatable bonds is 2. The van der Waals surface area contributed by atoms with Gasteiger partial charge >= 0.3 is 5.97 Å². The number of fused-ring (bicyclic) bond motifs is 3. The van der Waals surface area contributed by atoms with Crippen molar-refractivity contribution in [2.24, 2.45) is 5.92 Å². The molecule has 0 radical (unpaired) electrons. The third-order valence-corrected chi connectivity index (χ3v) is 5.44. The normalized spacial score (nSPS) is 23.6. The molecule has 0 fully saturated rings. The molecule has 0 saturated carbocycles. The van der Waals surface area contributed by atoms with Gasteiger partial charge in [-0.3, -0.25) is 0 Å². The van der Waals surface area contributed by atoms with Crippen molar-refractivity contribution in [1.29, 1.82) is 0 Å². The molecule has 0 unspecified atom stereocenters. The van der Waals surface area contributed by atoms with Gasteiger partial charge < -0.3 is 10.1 Å². The van der Waals surface area contributed by atoms with Crippen LogP contribution in [-0.2, 0) is 4.74 Å². The van der Waals surface area contributed by atoms with Crippen LogP contribution in [0.25, 0.3) is 0 Å². The molecule has 0 spiro atoms. The van der Waals surface area contributed by atoms with Crippen LogP contribution in [0.5, 0.6) is 0 Å². The van der Waals surface area contributed by atoms with Gasteiger partial charge in [-0.2, -0.15) is 0 Å². The summed E-state index contributed by atoms with van der Waals surface area (Å²) in [4.78, 5) is 12.0. The highest BCUT2D eigenvalue weighted by Gasteiger charge is 2.39.